The first-order valence-corrected chi connectivity index (χ1v) is 8.16. The molecule has 2 aromatic heterocycles. The zero-order chi connectivity index (χ0) is 17.8. The van der Waals surface area contributed by atoms with Crippen molar-refractivity contribution in [2.45, 2.75) is 26.3 Å². The lowest BCUT2D eigenvalue weighted by Gasteiger charge is -2.15. The standard InChI is InChI=1S/C18H21N5O2/c1-4-13-16-14(22-23-17(16)25-3)10-15(20-13)21-18(24)19-11(2)12-8-6-5-7-9-12/h5-11H,4H2,1-3H3,(H,22,23)(H2,19,20,21,24). The Hall–Kier alpha value is -3.09. The van der Waals surface area contributed by atoms with E-state index in [0.29, 0.717) is 18.1 Å². The van der Waals surface area contributed by atoms with Crippen LogP contribution in [0.5, 0.6) is 5.88 Å². The fourth-order valence-electron chi connectivity index (χ4n) is 2.73. The maximum atomic E-state index is 12.3. The molecule has 0 aliphatic rings. The molecule has 7 nitrogen and oxygen atoms in total. The van der Waals surface area contributed by atoms with Crippen LogP contribution in [0.3, 0.4) is 0 Å². The van der Waals surface area contributed by atoms with E-state index in [9.17, 15) is 4.79 Å². The molecule has 0 aliphatic carbocycles. The number of anilines is 1. The number of aryl methyl sites for hydroxylation is 1. The Morgan fingerprint density at radius 3 is 2.76 bits per heavy atom. The molecule has 130 valence electrons. The maximum absolute atomic E-state index is 12.3. The normalized spacial score (nSPS) is 12.0. The summed E-state index contributed by atoms with van der Waals surface area (Å²) in [7, 11) is 1.57. The SMILES string of the molecule is CCc1nc(NC(=O)NC(C)c2ccccc2)cc2[nH]nc(OC)c12. The van der Waals surface area contributed by atoms with Crippen LogP contribution in [0.2, 0.25) is 0 Å². The summed E-state index contributed by atoms with van der Waals surface area (Å²) in [5, 5.41) is 13.6. The average molecular weight is 339 g/mol. The van der Waals surface area contributed by atoms with Crippen molar-refractivity contribution in [1.29, 1.82) is 0 Å². The molecule has 3 aromatic rings. The lowest BCUT2D eigenvalue weighted by atomic mass is 10.1. The second kappa shape index (κ2) is 7.21. The fourth-order valence-corrected chi connectivity index (χ4v) is 2.73. The van der Waals surface area contributed by atoms with Crippen molar-refractivity contribution in [1.82, 2.24) is 20.5 Å². The first-order valence-electron chi connectivity index (χ1n) is 8.16. The van der Waals surface area contributed by atoms with Crippen LogP contribution in [0.4, 0.5) is 10.6 Å². The van der Waals surface area contributed by atoms with Gasteiger partial charge in [0.25, 0.3) is 0 Å². The zero-order valence-corrected chi connectivity index (χ0v) is 14.5. The number of pyridine rings is 1. The third kappa shape index (κ3) is 3.55. The van der Waals surface area contributed by atoms with E-state index in [1.165, 1.54) is 0 Å². The van der Waals surface area contributed by atoms with E-state index < -0.39 is 0 Å². The Morgan fingerprint density at radius 1 is 1.32 bits per heavy atom. The van der Waals surface area contributed by atoms with E-state index in [4.69, 9.17) is 4.74 Å². The largest absolute Gasteiger partial charge is 0.479 e. The molecular weight excluding hydrogens is 318 g/mol. The number of aromatic nitrogens is 3. The summed E-state index contributed by atoms with van der Waals surface area (Å²) < 4.78 is 5.25. The second-order valence-electron chi connectivity index (χ2n) is 5.69. The van der Waals surface area contributed by atoms with Gasteiger partial charge in [-0.1, -0.05) is 37.3 Å². The molecule has 3 N–H and O–H groups in total. The van der Waals surface area contributed by atoms with Gasteiger partial charge >= 0.3 is 6.03 Å². The van der Waals surface area contributed by atoms with Crippen molar-refractivity contribution in [3.63, 3.8) is 0 Å². The van der Waals surface area contributed by atoms with Crippen molar-refractivity contribution in [3.8, 4) is 5.88 Å². The van der Waals surface area contributed by atoms with Crippen LogP contribution in [0.25, 0.3) is 10.9 Å². The van der Waals surface area contributed by atoms with Gasteiger partial charge in [0.2, 0.25) is 5.88 Å². The molecule has 1 unspecified atom stereocenters. The summed E-state index contributed by atoms with van der Waals surface area (Å²) in [5.41, 5.74) is 2.62. The van der Waals surface area contributed by atoms with Gasteiger partial charge in [-0.25, -0.2) is 9.78 Å². The van der Waals surface area contributed by atoms with Crippen molar-refractivity contribution in [3.05, 3.63) is 47.7 Å². The molecule has 2 heterocycles. The van der Waals surface area contributed by atoms with Crippen LogP contribution in [0.15, 0.2) is 36.4 Å². The maximum Gasteiger partial charge on any atom is 0.320 e. The number of carbonyl (C=O) groups is 1. The predicted molar refractivity (Wildman–Crippen MR) is 96.8 cm³/mol. The molecule has 25 heavy (non-hydrogen) atoms. The smallest absolute Gasteiger partial charge is 0.320 e. The van der Waals surface area contributed by atoms with E-state index >= 15 is 0 Å². The summed E-state index contributed by atoms with van der Waals surface area (Å²) in [6.45, 7) is 3.93. The summed E-state index contributed by atoms with van der Waals surface area (Å²) >= 11 is 0. The van der Waals surface area contributed by atoms with Crippen molar-refractivity contribution in [2.75, 3.05) is 12.4 Å². The zero-order valence-electron chi connectivity index (χ0n) is 14.5. The first kappa shape index (κ1) is 16.8. The Morgan fingerprint density at radius 2 is 2.08 bits per heavy atom. The topological polar surface area (TPSA) is 91.9 Å². The highest BCUT2D eigenvalue weighted by molar-refractivity contribution is 5.93. The Balaban J connectivity index is 1.77. The molecule has 0 bridgehead atoms. The number of fused-ring (bicyclic) bond motifs is 1. The van der Waals surface area contributed by atoms with E-state index in [1.807, 2.05) is 44.2 Å². The number of rotatable bonds is 5. The Labute approximate surface area is 145 Å². The monoisotopic (exact) mass is 339 g/mol. The molecule has 0 aliphatic heterocycles. The van der Waals surface area contributed by atoms with Gasteiger partial charge in [0.05, 0.1) is 29.7 Å². The lowest BCUT2D eigenvalue weighted by molar-refractivity contribution is 0.249. The minimum absolute atomic E-state index is 0.108. The third-order valence-corrected chi connectivity index (χ3v) is 4.00. The molecule has 0 spiro atoms. The number of hydrogen-bond donors (Lipinski definition) is 3. The van der Waals surface area contributed by atoms with Crippen molar-refractivity contribution < 1.29 is 9.53 Å². The molecule has 0 radical (unpaired) electrons. The van der Waals surface area contributed by atoms with E-state index in [1.54, 1.807) is 13.2 Å². The molecule has 7 heteroatoms. The third-order valence-electron chi connectivity index (χ3n) is 4.00. The van der Waals surface area contributed by atoms with Crippen LogP contribution < -0.4 is 15.4 Å². The summed E-state index contributed by atoms with van der Waals surface area (Å²) in [5.74, 6) is 0.974. The highest BCUT2D eigenvalue weighted by atomic mass is 16.5. The van der Waals surface area contributed by atoms with Gasteiger partial charge in [-0.15, -0.1) is 5.10 Å². The molecule has 0 saturated heterocycles. The number of nitrogens with one attached hydrogen (secondary N) is 3. The highest BCUT2D eigenvalue weighted by Crippen LogP contribution is 2.27. The number of aromatic amines is 1. The minimum atomic E-state index is -0.309. The quantitative estimate of drug-likeness (QED) is 0.664. The molecule has 0 fully saturated rings. The van der Waals surface area contributed by atoms with Gasteiger partial charge in [0, 0.05) is 6.07 Å². The number of methoxy groups -OCH3 is 1. The lowest BCUT2D eigenvalue weighted by Crippen LogP contribution is -2.31. The molecule has 3 rings (SSSR count). The van der Waals surface area contributed by atoms with Gasteiger partial charge < -0.3 is 10.1 Å². The van der Waals surface area contributed by atoms with E-state index in [-0.39, 0.29) is 12.1 Å². The van der Waals surface area contributed by atoms with Crippen LogP contribution in [-0.2, 0) is 6.42 Å². The molecular formula is C18H21N5O2. The Kier molecular flexibility index (Phi) is 4.83. The number of urea groups is 1. The number of nitrogens with zero attached hydrogens (tertiary/aromatic N) is 2. The summed E-state index contributed by atoms with van der Waals surface area (Å²) in [6, 6.07) is 11.1. The fraction of sp³-hybridized carbons (Fsp3) is 0.278. The van der Waals surface area contributed by atoms with Gasteiger partial charge in [-0.2, -0.15) is 0 Å². The first-order chi connectivity index (χ1) is 12.1. The number of carbonyl (C=O) groups excluding carboxylic acids is 1. The van der Waals surface area contributed by atoms with Gasteiger partial charge in [-0.3, -0.25) is 10.4 Å². The van der Waals surface area contributed by atoms with E-state index in [0.717, 1.165) is 22.2 Å². The second-order valence-corrected chi connectivity index (χ2v) is 5.69. The minimum Gasteiger partial charge on any atom is -0.479 e. The van der Waals surface area contributed by atoms with Crippen LogP contribution in [-0.4, -0.2) is 28.3 Å². The summed E-state index contributed by atoms with van der Waals surface area (Å²) in [4.78, 5) is 16.8. The van der Waals surface area contributed by atoms with Crippen molar-refractivity contribution >= 4 is 22.8 Å². The van der Waals surface area contributed by atoms with Crippen LogP contribution in [0.1, 0.15) is 31.1 Å². The number of H-pyrrole nitrogens is 1. The number of amides is 2. The Bertz CT molecular complexity index is 876. The van der Waals surface area contributed by atoms with Crippen LogP contribution in [0, 0.1) is 0 Å². The van der Waals surface area contributed by atoms with Gasteiger partial charge in [0.1, 0.15) is 5.82 Å². The average Bonchev–Trinajstić information content (AvgIpc) is 3.04. The number of benzene rings is 1. The number of hydrogen-bond acceptors (Lipinski definition) is 4. The van der Waals surface area contributed by atoms with Crippen LogP contribution >= 0.6 is 0 Å². The highest BCUT2D eigenvalue weighted by Gasteiger charge is 2.15. The van der Waals surface area contributed by atoms with E-state index in [2.05, 4.69) is 25.8 Å². The molecule has 1 atom stereocenters. The van der Waals surface area contributed by atoms with Gasteiger partial charge in [-0.05, 0) is 18.9 Å². The predicted octanol–water partition coefficient (Wildman–Crippen LogP) is 3.41. The molecule has 0 saturated carbocycles. The van der Waals surface area contributed by atoms with Crippen molar-refractivity contribution in [2.24, 2.45) is 0 Å². The molecule has 1 aromatic carbocycles. The number of ether oxygens (including phenoxy) is 1. The molecule has 2 amide bonds. The summed E-state index contributed by atoms with van der Waals surface area (Å²) in [6.07, 6.45) is 0.698. The van der Waals surface area contributed by atoms with Gasteiger partial charge in [0.15, 0.2) is 0 Å².